The molecule has 0 saturated carbocycles. The summed E-state index contributed by atoms with van der Waals surface area (Å²) in [6.45, 7) is 3.68. The van der Waals surface area contributed by atoms with Crippen LogP contribution in [0.4, 0.5) is 0 Å². The number of benzene rings is 1. The molecule has 1 saturated heterocycles. The van der Waals surface area contributed by atoms with Gasteiger partial charge in [0.25, 0.3) is 0 Å². The van der Waals surface area contributed by atoms with E-state index in [0.717, 1.165) is 0 Å². The number of Topliss-reactive ketones (excluding diaryl/α,β-unsaturated/α-hetero) is 1. The third kappa shape index (κ3) is 3.30. The average molecular weight is 339 g/mol. The van der Waals surface area contributed by atoms with Crippen LogP contribution in [-0.2, 0) is 14.8 Å². The predicted octanol–water partition coefficient (Wildman–Crippen LogP) is 2.15. The molecular formula is C16H21NO5S. The minimum absolute atomic E-state index is 0.0429. The zero-order valence-corrected chi connectivity index (χ0v) is 14.0. The van der Waals surface area contributed by atoms with Crippen LogP contribution in [0.5, 0.6) is 0 Å². The molecule has 1 aromatic rings. The molecule has 1 aliphatic heterocycles. The Morgan fingerprint density at radius 1 is 1.30 bits per heavy atom. The predicted molar refractivity (Wildman–Crippen MR) is 84.8 cm³/mol. The molecule has 1 fully saturated rings. The fourth-order valence-electron chi connectivity index (χ4n) is 3.07. The van der Waals surface area contributed by atoms with Gasteiger partial charge in [-0.05, 0) is 25.0 Å². The summed E-state index contributed by atoms with van der Waals surface area (Å²) in [6, 6.07) is 5.40. The second-order valence-electron chi connectivity index (χ2n) is 5.63. The average Bonchev–Trinajstić information content (AvgIpc) is 2.99. The van der Waals surface area contributed by atoms with Gasteiger partial charge < -0.3 is 5.11 Å². The van der Waals surface area contributed by atoms with Gasteiger partial charge in [-0.2, -0.15) is 4.31 Å². The third-order valence-corrected chi connectivity index (χ3v) is 6.23. The lowest BCUT2D eigenvalue weighted by Gasteiger charge is -2.25. The molecule has 126 valence electrons. The molecule has 2 rings (SSSR count). The van der Waals surface area contributed by atoms with E-state index < -0.39 is 28.0 Å². The van der Waals surface area contributed by atoms with E-state index in [4.69, 9.17) is 0 Å². The molecule has 0 radical (unpaired) electrons. The summed E-state index contributed by atoms with van der Waals surface area (Å²) >= 11 is 0. The van der Waals surface area contributed by atoms with Gasteiger partial charge in [-0.15, -0.1) is 0 Å². The fraction of sp³-hybridized carbons (Fsp3) is 0.500. The highest BCUT2D eigenvalue weighted by Crippen LogP contribution is 2.32. The lowest BCUT2D eigenvalue weighted by Crippen LogP contribution is -2.39. The first-order valence-electron chi connectivity index (χ1n) is 7.70. The molecule has 2 atom stereocenters. The Kier molecular flexibility index (Phi) is 5.21. The SMILES string of the molecule is CCC(=O)c1cccc(S(=O)(=O)N2CCC(C(=O)O)C2CC)c1. The van der Waals surface area contributed by atoms with Gasteiger partial charge in [-0.1, -0.05) is 26.0 Å². The van der Waals surface area contributed by atoms with E-state index in [1.165, 1.54) is 16.4 Å². The van der Waals surface area contributed by atoms with E-state index in [1.807, 2.05) is 0 Å². The van der Waals surface area contributed by atoms with Crippen LogP contribution in [0, 0.1) is 5.92 Å². The Labute approximate surface area is 136 Å². The van der Waals surface area contributed by atoms with Gasteiger partial charge in [0.2, 0.25) is 10.0 Å². The normalized spacial score (nSPS) is 22.2. The van der Waals surface area contributed by atoms with Crippen molar-refractivity contribution in [2.45, 2.75) is 44.0 Å². The van der Waals surface area contributed by atoms with Crippen molar-refractivity contribution in [3.8, 4) is 0 Å². The lowest BCUT2D eigenvalue weighted by molar-refractivity contribution is -0.142. The number of carbonyl (C=O) groups excluding carboxylic acids is 1. The Morgan fingerprint density at radius 3 is 2.57 bits per heavy atom. The number of ketones is 1. The molecule has 1 aromatic carbocycles. The summed E-state index contributed by atoms with van der Waals surface area (Å²) in [7, 11) is -3.81. The van der Waals surface area contributed by atoms with Crippen LogP contribution in [-0.4, -0.2) is 42.2 Å². The maximum absolute atomic E-state index is 12.9. The summed E-state index contributed by atoms with van der Waals surface area (Å²) in [5.74, 6) is -1.78. The van der Waals surface area contributed by atoms with Crippen LogP contribution in [0.1, 0.15) is 43.5 Å². The second kappa shape index (κ2) is 6.80. The number of rotatable bonds is 6. The van der Waals surface area contributed by atoms with Crippen molar-refractivity contribution in [2.75, 3.05) is 6.54 Å². The number of carbonyl (C=O) groups is 2. The molecule has 1 N–H and O–H groups in total. The van der Waals surface area contributed by atoms with Crippen LogP contribution in [0.25, 0.3) is 0 Å². The monoisotopic (exact) mass is 339 g/mol. The van der Waals surface area contributed by atoms with Gasteiger partial charge in [0, 0.05) is 24.6 Å². The maximum Gasteiger partial charge on any atom is 0.308 e. The first kappa shape index (κ1) is 17.6. The van der Waals surface area contributed by atoms with Crippen LogP contribution in [0.3, 0.4) is 0 Å². The molecule has 0 bridgehead atoms. The van der Waals surface area contributed by atoms with E-state index in [-0.39, 0.29) is 17.2 Å². The molecule has 0 aliphatic carbocycles. The molecule has 6 nitrogen and oxygen atoms in total. The standard InChI is InChI=1S/C16H21NO5S/c1-3-14-13(16(19)20)8-9-17(14)23(21,22)12-7-5-6-11(10-12)15(18)4-2/h5-7,10,13-14H,3-4,8-9H2,1-2H3,(H,19,20). The van der Waals surface area contributed by atoms with E-state index in [1.54, 1.807) is 26.0 Å². The Bertz CT molecular complexity index is 713. The summed E-state index contributed by atoms with van der Waals surface area (Å²) in [6.07, 6.45) is 1.04. The van der Waals surface area contributed by atoms with Crippen molar-refractivity contribution in [1.82, 2.24) is 4.31 Å². The van der Waals surface area contributed by atoms with Crippen molar-refractivity contribution in [3.63, 3.8) is 0 Å². The molecule has 1 aliphatic rings. The van der Waals surface area contributed by atoms with Crippen molar-refractivity contribution >= 4 is 21.8 Å². The summed E-state index contributed by atoms with van der Waals surface area (Å²) in [5, 5.41) is 9.25. The molecule has 0 aromatic heterocycles. The lowest BCUT2D eigenvalue weighted by atomic mass is 9.99. The Morgan fingerprint density at radius 2 is 2.00 bits per heavy atom. The van der Waals surface area contributed by atoms with Gasteiger partial charge in [0.1, 0.15) is 0 Å². The van der Waals surface area contributed by atoms with Gasteiger partial charge in [-0.25, -0.2) is 8.42 Å². The number of nitrogens with zero attached hydrogens (tertiary/aromatic N) is 1. The smallest absolute Gasteiger partial charge is 0.308 e. The molecule has 0 spiro atoms. The van der Waals surface area contributed by atoms with Gasteiger partial charge in [0.05, 0.1) is 10.8 Å². The molecular weight excluding hydrogens is 318 g/mol. The van der Waals surface area contributed by atoms with Crippen molar-refractivity contribution in [3.05, 3.63) is 29.8 Å². The van der Waals surface area contributed by atoms with Crippen LogP contribution in [0.2, 0.25) is 0 Å². The van der Waals surface area contributed by atoms with Gasteiger partial charge >= 0.3 is 5.97 Å². The zero-order valence-electron chi connectivity index (χ0n) is 13.2. The quantitative estimate of drug-likeness (QED) is 0.802. The topological polar surface area (TPSA) is 91.8 Å². The van der Waals surface area contributed by atoms with E-state index in [0.29, 0.717) is 24.8 Å². The highest BCUT2D eigenvalue weighted by molar-refractivity contribution is 7.89. The fourth-order valence-corrected chi connectivity index (χ4v) is 4.86. The minimum Gasteiger partial charge on any atom is -0.481 e. The maximum atomic E-state index is 12.9. The van der Waals surface area contributed by atoms with Gasteiger partial charge in [-0.3, -0.25) is 9.59 Å². The largest absolute Gasteiger partial charge is 0.481 e. The molecule has 23 heavy (non-hydrogen) atoms. The number of hydrogen-bond acceptors (Lipinski definition) is 4. The number of carboxylic acid groups (broad SMARTS) is 1. The second-order valence-corrected chi connectivity index (χ2v) is 7.52. The summed E-state index contributed by atoms with van der Waals surface area (Å²) < 4.78 is 27.0. The van der Waals surface area contributed by atoms with E-state index in [2.05, 4.69) is 0 Å². The van der Waals surface area contributed by atoms with Crippen molar-refractivity contribution in [2.24, 2.45) is 5.92 Å². The van der Waals surface area contributed by atoms with Gasteiger partial charge in [0.15, 0.2) is 5.78 Å². The number of hydrogen-bond donors (Lipinski definition) is 1. The Balaban J connectivity index is 2.39. The third-order valence-electron chi connectivity index (χ3n) is 4.31. The molecule has 1 heterocycles. The number of sulfonamides is 1. The van der Waals surface area contributed by atoms with E-state index in [9.17, 15) is 23.1 Å². The first-order chi connectivity index (χ1) is 10.8. The van der Waals surface area contributed by atoms with Crippen molar-refractivity contribution < 1.29 is 23.1 Å². The van der Waals surface area contributed by atoms with Crippen molar-refractivity contribution in [1.29, 1.82) is 0 Å². The number of aliphatic carboxylic acids is 1. The van der Waals surface area contributed by atoms with Crippen LogP contribution >= 0.6 is 0 Å². The zero-order chi connectivity index (χ0) is 17.2. The number of carboxylic acids is 1. The highest BCUT2D eigenvalue weighted by atomic mass is 32.2. The Hall–Kier alpha value is -1.73. The van der Waals surface area contributed by atoms with Crippen LogP contribution in [0.15, 0.2) is 29.2 Å². The highest BCUT2D eigenvalue weighted by Gasteiger charge is 2.43. The summed E-state index contributed by atoms with van der Waals surface area (Å²) in [4.78, 5) is 23.1. The molecule has 2 unspecified atom stereocenters. The minimum atomic E-state index is -3.81. The van der Waals surface area contributed by atoms with Crippen LogP contribution < -0.4 is 0 Å². The summed E-state index contributed by atoms with van der Waals surface area (Å²) in [5.41, 5.74) is 0.357. The molecule has 0 amide bonds. The first-order valence-corrected chi connectivity index (χ1v) is 9.14. The molecule has 7 heteroatoms. The van der Waals surface area contributed by atoms with E-state index >= 15 is 0 Å².